The maximum atomic E-state index is 12.4. The lowest BCUT2D eigenvalue weighted by atomic mass is 9.96. The third-order valence-electron chi connectivity index (χ3n) is 4.24. The number of nitrogens with zero attached hydrogens (tertiary/aromatic N) is 1. The van der Waals surface area contributed by atoms with Crippen LogP contribution in [0, 0.1) is 5.92 Å². The van der Waals surface area contributed by atoms with E-state index >= 15 is 0 Å². The Kier molecular flexibility index (Phi) is 6.55. The van der Waals surface area contributed by atoms with Crippen LogP contribution in [0.25, 0.3) is 0 Å². The summed E-state index contributed by atoms with van der Waals surface area (Å²) in [6.07, 6.45) is 1.78. The second kappa shape index (κ2) is 8.64. The number of benzene rings is 1. The summed E-state index contributed by atoms with van der Waals surface area (Å²) in [6.45, 7) is 4.28. The van der Waals surface area contributed by atoms with Gasteiger partial charge in [0.2, 0.25) is 11.8 Å². The molecule has 0 radical (unpaired) electrons. The minimum absolute atomic E-state index is 0.0378. The smallest absolute Gasteiger partial charge is 0.241 e. The van der Waals surface area contributed by atoms with Gasteiger partial charge in [-0.15, -0.1) is 0 Å². The molecule has 4 N–H and O–H groups in total. The highest BCUT2D eigenvalue weighted by Crippen LogP contribution is 2.19. The van der Waals surface area contributed by atoms with E-state index in [0.29, 0.717) is 19.6 Å². The van der Waals surface area contributed by atoms with Crippen molar-refractivity contribution in [2.75, 3.05) is 31.5 Å². The van der Waals surface area contributed by atoms with Crippen LogP contribution in [0.15, 0.2) is 30.3 Å². The molecule has 0 aliphatic carbocycles. The molecule has 23 heavy (non-hydrogen) atoms. The fourth-order valence-corrected chi connectivity index (χ4v) is 2.85. The van der Waals surface area contributed by atoms with Crippen molar-refractivity contribution in [3.63, 3.8) is 0 Å². The molecule has 0 bridgehead atoms. The molecule has 1 heterocycles. The van der Waals surface area contributed by atoms with E-state index in [1.165, 1.54) is 0 Å². The first-order chi connectivity index (χ1) is 11.1. The first-order valence-corrected chi connectivity index (χ1v) is 8.19. The maximum Gasteiger partial charge on any atom is 0.241 e. The van der Waals surface area contributed by atoms with Crippen molar-refractivity contribution >= 4 is 17.5 Å². The van der Waals surface area contributed by atoms with Gasteiger partial charge in [-0.1, -0.05) is 18.2 Å². The molecular weight excluding hydrogens is 292 g/mol. The minimum Gasteiger partial charge on any atom is -0.355 e. The number of piperidine rings is 1. The number of anilines is 1. The van der Waals surface area contributed by atoms with Crippen LogP contribution < -0.4 is 16.4 Å². The molecule has 1 aromatic rings. The summed E-state index contributed by atoms with van der Waals surface area (Å²) in [5, 5.41) is 5.76. The summed E-state index contributed by atoms with van der Waals surface area (Å²) in [6, 6.07) is 9.15. The standard InChI is InChI=1S/C17H26N4O2/c1-13(16(22)20-15-7-3-2-4-8-15)21-11-5-6-14(12-21)17(23)19-10-9-18/h2-4,7-8,13-14H,5-6,9-12,18H2,1H3,(H,19,23)(H,20,22). The first kappa shape index (κ1) is 17.4. The number of hydrogen-bond donors (Lipinski definition) is 3. The highest BCUT2D eigenvalue weighted by atomic mass is 16.2. The van der Waals surface area contributed by atoms with Gasteiger partial charge >= 0.3 is 0 Å². The van der Waals surface area contributed by atoms with Crippen LogP contribution in [0.1, 0.15) is 19.8 Å². The number of carbonyl (C=O) groups is 2. The molecule has 6 nitrogen and oxygen atoms in total. The Bertz CT molecular complexity index is 521. The van der Waals surface area contributed by atoms with Crippen LogP contribution in [-0.4, -0.2) is 48.9 Å². The fourth-order valence-electron chi connectivity index (χ4n) is 2.85. The highest BCUT2D eigenvalue weighted by Gasteiger charge is 2.30. The molecule has 0 saturated carbocycles. The molecule has 1 saturated heterocycles. The molecule has 1 aliphatic rings. The Morgan fingerprint density at radius 3 is 2.78 bits per heavy atom. The molecule has 1 aliphatic heterocycles. The van der Waals surface area contributed by atoms with Gasteiger partial charge in [0.25, 0.3) is 0 Å². The van der Waals surface area contributed by atoms with Crippen LogP contribution in [0.2, 0.25) is 0 Å². The minimum atomic E-state index is -0.264. The SMILES string of the molecule is CC(C(=O)Nc1ccccc1)N1CCCC(C(=O)NCCN)C1. The lowest BCUT2D eigenvalue weighted by molar-refractivity contribution is -0.129. The van der Waals surface area contributed by atoms with Crippen molar-refractivity contribution in [3.05, 3.63) is 30.3 Å². The van der Waals surface area contributed by atoms with Gasteiger partial charge in [0, 0.05) is 25.3 Å². The van der Waals surface area contributed by atoms with Crippen LogP contribution in [0.3, 0.4) is 0 Å². The van der Waals surface area contributed by atoms with E-state index in [2.05, 4.69) is 15.5 Å². The molecule has 1 aromatic carbocycles. The zero-order valence-electron chi connectivity index (χ0n) is 13.6. The van der Waals surface area contributed by atoms with E-state index in [-0.39, 0.29) is 23.8 Å². The lowest BCUT2D eigenvalue weighted by Gasteiger charge is -2.35. The zero-order chi connectivity index (χ0) is 16.7. The second-order valence-electron chi connectivity index (χ2n) is 5.95. The topological polar surface area (TPSA) is 87.5 Å². The van der Waals surface area contributed by atoms with E-state index in [0.717, 1.165) is 25.1 Å². The van der Waals surface area contributed by atoms with Crippen molar-refractivity contribution in [1.29, 1.82) is 0 Å². The normalized spacial score (nSPS) is 19.8. The molecule has 2 amide bonds. The van der Waals surface area contributed by atoms with Gasteiger partial charge in [0.1, 0.15) is 0 Å². The maximum absolute atomic E-state index is 12.4. The van der Waals surface area contributed by atoms with Gasteiger partial charge in [0.15, 0.2) is 0 Å². The predicted octanol–water partition coefficient (Wildman–Crippen LogP) is 0.801. The Balaban J connectivity index is 1.89. The Hall–Kier alpha value is -1.92. The molecule has 1 fully saturated rings. The zero-order valence-corrected chi connectivity index (χ0v) is 13.6. The van der Waals surface area contributed by atoms with Gasteiger partial charge in [-0.3, -0.25) is 14.5 Å². The van der Waals surface area contributed by atoms with Crippen LogP contribution in [0.5, 0.6) is 0 Å². The largest absolute Gasteiger partial charge is 0.355 e. The number of rotatable bonds is 6. The summed E-state index contributed by atoms with van der Waals surface area (Å²) in [5.41, 5.74) is 6.21. The predicted molar refractivity (Wildman–Crippen MR) is 90.9 cm³/mol. The van der Waals surface area contributed by atoms with Gasteiger partial charge in [-0.2, -0.15) is 0 Å². The molecule has 2 atom stereocenters. The third kappa shape index (κ3) is 5.04. The monoisotopic (exact) mass is 318 g/mol. The average Bonchev–Trinajstić information content (AvgIpc) is 2.60. The molecule has 0 spiro atoms. The van der Waals surface area contributed by atoms with Crippen LogP contribution in [0.4, 0.5) is 5.69 Å². The van der Waals surface area contributed by atoms with E-state index < -0.39 is 0 Å². The van der Waals surface area contributed by atoms with Crippen LogP contribution >= 0.6 is 0 Å². The number of amides is 2. The van der Waals surface area contributed by atoms with E-state index in [4.69, 9.17) is 5.73 Å². The second-order valence-corrected chi connectivity index (χ2v) is 5.95. The van der Waals surface area contributed by atoms with Gasteiger partial charge in [0.05, 0.1) is 12.0 Å². The molecule has 0 aromatic heterocycles. The fraction of sp³-hybridized carbons (Fsp3) is 0.529. The first-order valence-electron chi connectivity index (χ1n) is 8.19. The number of hydrogen-bond acceptors (Lipinski definition) is 4. The van der Waals surface area contributed by atoms with Gasteiger partial charge in [-0.05, 0) is 38.4 Å². The number of likely N-dealkylation sites (tertiary alicyclic amines) is 1. The number of para-hydroxylation sites is 1. The Labute approximate surface area is 137 Å². The van der Waals surface area contributed by atoms with E-state index in [1.807, 2.05) is 37.3 Å². The quantitative estimate of drug-likeness (QED) is 0.724. The average molecular weight is 318 g/mol. The summed E-state index contributed by atoms with van der Waals surface area (Å²) >= 11 is 0. The Morgan fingerprint density at radius 2 is 2.09 bits per heavy atom. The molecule has 6 heteroatoms. The molecule has 126 valence electrons. The summed E-state index contributed by atoms with van der Waals surface area (Å²) in [4.78, 5) is 26.6. The molecule has 2 unspecified atom stereocenters. The lowest BCUT2D eigenvalue weighted by Crippen LogP contribution is -2.50. The van der Waals surface area contributed by atoms with Crippen molar-refractivity contribution in [2.24, 2.45) is 11.7 Å². The van der Waals surface area contributed by atoms with Crippen molar-refractivity contribution in [3.8, 4) is 0 Å². The number of carbonyl (C=O) groups excluding carboxylic acids is 2. The highest BCUT2D eigenvalue weighted by molar-refractivity contribution is 5.94. The third-order valence-corrected chi connectivity index (χ3v) is 4.24. The number of nitrogens with one attached hydrogen (secondary N) is 2. The summed E-state index contributed by atoms with van der Waals surface area (Å²) < 4.78 is 0. The van der Waals surface area contributed by atoms with E-state index in [1.54, 1.807) is 0 Å². The molecular formula is C17H26N4O2. The number of nitrogens with two attached hydrogens (primary N) is 1. The van der Waals surface area contributed by atoms with Crippen molar-refractivity contribution in [1.82, 2.24) is 10.2 Å². The van der Waals surface area contributed by atoms with Gasteiger partial charge < -0.3 is 16.4 Å². The van der Waals surface area contributed by atoms with Crippen molar-refractivity contribution < 1.29 is 9.59 Å². The Morgan fingerprint density at radius 1 is 1.35 bits per heavy atom. The van der Waals surface area contributed by atoms with Crippen molar-refractivity contribution in [2.45, 2.75) is 25.8 Å². The van der Waals surface area contributed by atoms with Gasteiger partial charge in [-0.25, -0.2) is 0 Å². The molecule has 2 rings (SSSR count). The van der Waals surface area contributed by atoms with E-state index in [9.17, 15) is 9.59 Å². The summed E-state index contributed by atoms with van der Waals surface area (Å²) in [5.74, 6) is -0.0719. The van der Waals surface area contributed by atoms with Crippen LogP contribution in [-0.2, 0) is 9.59 Å². The summed E-state index contributed by atoms with van der Waals surface area (Å²) in [7, 11) is 0.